The van der Waals surface area contributed by atoms with Crippen LogP contribution in [0.1, 0.15) is 55.8 Å². The van der Waals surface area contributed by atoms with Crippen molar-refractivity contribution in [2.45, 2.75) is 45.4 Å². The topological polar surface area (TPSA) is 60.2 Å². The normalized spacial score (nSPS) is 11.0. The number of ether oxygens (including phenoxy) is 2. The molecule has 0 bridgehead atoms. The Balaban J connectivity index is 1.49. The molecule has 0 saturated heterocycles. The lowest BCUT2D eigenvalue weighted by Gasteiger charge is -2.07. The van der Waals surface area contributed by atoms with E-state index in [2.05, 4.69) is 17.2 Å². The Morgan fingerprint density at radius 3 is 2.27 bits per heavy atom. The summed E-state index contributed by atoms with van der Waals surface area (Å²) in [6, 6.07) is 19.8. The fourth-order valence-electron chi connectivity index (χ4n) is 3.16. The molecule has 6 heteroatoms. The van der Waals surface area contributed by atoms with Crippen molar-refractivity contribution in [3.8, 4) is 11.5 Å². The second-order valence-corrected chi connectivity index (χ2v) is 7.68. The van der Waals surface area contributed by atoms with E-state index in [0.717, 1.165) is 12.8 Å². The standard InChI is InChI=1S/C27H29FN2O3/c1-2-3-4-5-6-10-19-32-24-17-18-26(25(28)20-24)30-29-22-15-13-21(14-16-22)27(31)33-23-11-8-7-9-12-23/h7-9,11-18,20H,2-6,10,19H2,1H3. The van der Waals surface area contributed by atoms with E-state index in [0.29, 0.717) is 29.4 Å². The van der Waals surface area contributed by atoms with E-state index in [1.54, 1.807) is 60.7 Å². The van der Waals surface area contributed by atoms with Crippen LogP contribution in [0, 0.1) is 5.82 Å². The Bertz CT molecular complexity index is 1040. The highest BCUT2D eigenvalue weighted by atomic mass is 19.1. The van der Waals surface area contributed by atoms with Crippen LogP contribution in [0.3, 0.4) is 0 Å². The number of para-hydroxylation sites is 1. The number of halogens is 1. The van der Waals surface area contributed by atoms with Gasteiger partial charge in [-0.1, -0.05) is 57.2 Å². The van der Waals surface area contributed by atoms with Crippen molar-refractivity contribution in [2.75, 3.05) is 6.61 Å². The van der Waals surface area contributed by atoms with Crippen molar-refractivity contribution in [3.05, 3.63) is 84.2 Å². The maximum absolute atomic E-state index is 14.3. The molecule has 0 atom stereocenters. The Morgan fingerprint density at radius 1 is 0.818 bits per heavy atom. The summed E-state index contributed by atoms with van der Waals surface area (Å²) < 4.78 is 25.3. The summed E-state index contributed by atoms with van der Waals surface area (Å²) >= 11 is 0. The molecule has 3 aromatic rings. The molecule has 0 saturated carbocycles. The monoisotopic (exact) mass is 448 g/mol. The maximum atomic E-state index is 14.3. The Labute approximate surface area is 194 Å². The fraction of sp³-hybridized carbons (Fsp3) is 0.296. The number of carbonyl (C=O) groups is 1. The first-order valence-electron chi connectivity index (χ1n) is 11.4. The molecule has 0 aliphatic carbocycles. The predicted molar refractivity (Wildman–Crippen MR) is 127 cm³/mol. The molecule has 0 aliphatic heterocycles. The first-order valence-corrected chi connectivity index (χ1v) is 11.4. The Hall–Kier alpha value is -3.54. The summed E-state index contributed by atoms with van der Waals surface area (Å²) in [5.41, 5.74) is 0.999. The van der Waals surface area contributed by atoms with Gasteiger partial charge in [0.1, 0.15) is 17.2 Å². The number of carbonyl (C=O) groups excluding carboxylic acids is 1. The van der Waals surface area contributed by atoms with Crippen LogP contribution in [0.5, 0.6) is 11.5 Å². The predicted octanol–water partition coefficient (Wildman–Crippen LogP) is 8.20. The molecule has 0 unspecified atom stereocenters. The summed E-state index contributed by atoms with van der Waals surface area (Å²) in [7, 11) is 0. The lowest BCUT2D eigenvalue weighted by Crippen LogP contribution is -2.07. The largest absolute Gasteiger partial charge is 0.493 e. The van der Waals surface area contributed by atoms with Gasteiger partial charge in [0.05, 0.1) is 17.9 Å². The smallest absolute Gasteiger partial charge is 0.343 e. The molecule has 3 aromatic carbocycles. The zero-order chi connectivity index (χ0) is 23.3. The van der Waals surface area contributed by atoms with Gasteiger partial charge in [-0.2, -0.15) is 5.11 Å². The number of nitrogens with zero attached hydrogens (tertiary/aromatic N) is 2. The summed E-state index contributed by atoms with van der Waals surface area (Å²) in [6.45, 7) is 2.77. The van der Waals surface area contributed by atoms with E-state index < -0.39 is 11.8 Å². The summed E-state index contributed by atoms with van der Waals surface area (Å²) in [5.74, 6) is -0.00281. The van der Waals surface area contributed by atoms with Gasteiger partial charge >= 0.3 is 5.97 Å². The van der Waals surface area contributed by atoms with Crippen molar-refractivity contribution in [1.29, 1.82) is 0 Å². The van der Waals surface area contributed by atoms with Gasteiger partial charge in [0, 0.05) is 6.07 Å². The molecule has 0 fully saturated rings. The average molecular weight is 449 g/mol. The van der Waals surface area contributed by atoms with E-state index in [9.17, 15) is 9.18 Å². The van der Waals surface area contributed by atoms with Crippen LogP contribution in [-0.4, -0.2) is 12.6 Å². The van der Waals surface area contributed by atoms with Crippen molar-refractivity contribution >= 4 is 17.3 Å². The third kappa shape index (κ3) is 8.15. The van der Waals surface area contributed by atoms with Gasteiger partial charge < -0.3 is 9.47 Å². The van der Waals surface area contributed by atoms with Gasteiger partial charge in [-0.3, -0.25) is 0 Å². The van der Waals surface area contributed by atoms with Crippen LogP contribution in [0.4, 0.5) is 15.8 Å². The van der Waals surface area contributed by atoms with Crippen LogP contribution in [0.2, 0.25) is 0 Å². The number of esters is 1. The molecule has 0 amide bonds. The fourth-order valence-corrected chi connectivity index (χ4v) is 3.16. The van der Waals surface area contributed by atoms with Crippen LogP contribution in [0.25, 0.3) is 0 Å². The van der Waals surface area contributed by atoms with E-state index in [1.807, 2.05) is 6.07 Å². The molecule has 0 heterocycles. The lowest BCUT2D eigenvalue weighted by molar-refractivity contribution is 0.0735. The second kappa shape index (κ2) is 13.1. The van der Waals surface area contributed by atoms with Gasteiger partial charge in [0.15, 0.2) is 5.82 Å². The van der Waals surface area contributed by atoms with Gasteiger partial charge in [0.25, 0.3) is 0 Å². The third-order valence-electron chi connectivity index (χ3n) is 5.02. The highest BCUT2D eigenvalue weighted by Gasteiger charge is 2.08. The maximum Gasteiger partial charge on any atom is 0.343 e. The van der Waals surface area contributed by atoms with Crippen molar-refractivity contribution in [2.24, 2.45) is 10.2 Å². The molecule has 0 N–H and O–H groups in total. The molecule has 5 nitrogen and oxygen atoms in total. The van der Waals surface area contributed by atoms with Crippen molar-refractivity contribution in [1.82, 2.24) is 0 Å². The Kier molecular flexibility index (Phi) is 9.58. The molecule has 33 heavy (non-hydrogen) atoms. The van der Waals surface area contributed by atoms with E-state index in [-0.39, 0.29) is 5.69 Å². The molecule has 3 rings (SSSR count). The zero-order valence-electron chi connectivity index (χ0n) is 18.9. The first kappa shape index (κ1) is 24.1. The summed E-state index contributed by atoms with van der Waals surface area (Å²) in [6.07, 6.45) is 7.05. The summed E-state index contributed by atoms with van der Waals surface area (Å²) in [5, 5.41) is 8.03. The highest BCUT2D eigenvalue weighted by molar-refractivity contribution is 5.91. The van der Waals surface area contributed by atoms with E-state index in [1.165, 1.54) is 31.7 Å². The van der Waals surface area contributed by atoms with E-state index in [4.69, 9.17) is 9.47 Å². The van der Waals surface area contributed by atoms with Crippen LogP contribution in [0.15, 0.2) is 83.0 Å². The van der Waals surface area contributed by atoms with Crippen molar-refractivity contribution in [3.63, 3.8) is 0 Å². The molecule has 0 spiro atoms. The molecular weight excluding hydrogens is 419 g/mol. The quantitative estimate of drug-likeness (QED) is 0.121. The van der Waals surface area contributed by atoms with Crippen LogP contribution < -0.4 is 9.47 Å². The molecule has 0 aromatic heterocycles. The minimum Gasteiger partial charge on any atom is -0.493 e. The molecular formula is C27H29FN2O3. The Morgan fingerprint density at radius 2 is 1.55 bits per heavy atom. The third-order valence-corrected chi connectivity index (χ3v) is 5.02. The number of azo groups is 1. The molecule has 172 valence electrons. The number of hydrogen-bond donors (Lipinski definition) is 0. The van der Waals surface area contributed by atoms with E-state index >= 15 is 0 Å². The number of benzene rings is 3. The number of rotatable bonds is 12. The number of hydrogen-bond acceptors (Lipinski definition) is 5. The van der Waals surface area contributed by atoms with Crippen molar-refractivity contribution < 1.29 is 18.7 Å². The lowest BCUT2D eigenvalue weighted by atomic mass is 10.1. The summed E-state index contributed by atoms with van der Waals surface area (Å²) in [4.78, 5) is 12.2. The average Bonchev–Trinajstić information content (AvgIpc) is 2.84. The van der Waals surface area contributed by atoms with Crippen LogP contribution in [-0.2, 0) is 0 Å². The zero-order valence-corrected chi connectivity index (χ0v) is 18.9. The number of unbranched alkanes of at least 4 members (excludes halogenated alkanes) is 5. The minimum atomic E-state index is -0.498. The van der Waals surface area contributed by atoms with Gasteiger partial charge in [-0.25, -0.2) is 9.18 Å². The minimum absolute atomic E-state index is 0.120. The molecule has 0 radical (unpaired) electrons. The second-order valence-electron chi connectivity index (χ2n) is 7.68. The molecule has 0 aliphatic rings. The van der Waals surface area contributed by atoms with Gasteiger partial charge in [-0.15, -0.1) is 5.11 Å². The van der Waals surface area contributed by atoms with Gasteiger partial charge in [0.2, 0.25) is 0 Å². The van der Waals surface area contributed by atoms with Gasteiger partial charge in [-0.05, 0) is 55.0 Å². The highest BCUT2D eigenvalue weighted by Crippen LogP contribution is 2.26. The van der Waals surface area contributed by atoms with Crippen LogP contribution >= 0.6 is 0 Å². The SMILES string of the molecule is CCCCCCCCOc1ccc(N=Nc2ccc(C(=O)Oc3ccccc3)cc2)c(F)c1. The first-order chi connectivity index (χ1) is 16.2.